The Bertz CT molecular complexity index is 909. The summed E-state index contributed by atoms with van der Waals surface area (Å²) in [5.74, 6) is -0.790. The van der Waals surface area contributed by atoms with Crippen molar-refractivity contribution in [3.8, 4) is 11.1 Å². The smallest absolute Gasteiger partial charge is 0.324 e. The Kier molecular flexibility index (Phi) is 4.35. The predicted molar refractivity (Wildman–Crippen MR) is 84.7 cm³/mol. The van der Waals surface area contributed by atoms with Crippen molar-refractivity contribution in [3.05, 3.63) is 66.0 Å². The van der Waals surface area contributed by atoms with Gasteiger partial charge in [-0.05, 0) is 47.9 Å². The molecule has 0 atom stereocenters. The fraction of sp³-hybridized carbons (Fsp3) is 0.118. The van der Waals surface area contributed by atoms with Gasteiger partial charge in [-0.15, -0.1) is 0 Å². The van der Waals surface area contributed by atoms with Crippen LogP contribution in [-0.2, 0) is 6.18 Å². The molecule has 1 aromatic carbocycles. The van der Waals surface area contributed by atoms with Crippen molar-refractivity contribution in [3.63, 3.8) is 0 Å². The van der Waals surface area contributed by atoms with Gasteiger partial charge in [-0.25, -0.2) is 15.0 Å². The first-order chi connectivity index (χ1) is 11.8. The molecule has 8 heteroatoms. The van der Waals surface area contributed by atoms with Crippen molar-refractivity contribution in [2.45, 2.75) is 13.1 Å². The van der Waals surface area contributed by atoms with Gasteiger partial charge in [-0.3, -0.25) is 0 Å². The zero-order chi connectivity index (χ0) is 18.0. The van der Waals surface area contributed by atoms with Crippen molar-refractivity contribution in [2.24, 2.45) is 0 Å². The van der Waals surface area contributed by atoms with Crippen LogP contribution in [0.4, 0.5) is 29.2 Å². The van der Waals surface area contributed by atoms with Crippen LogP contribution in [0.5, 0.6) is 0 Å². The fourth-order valence-corrected chi connectivity index (χ4v) is 2.31. The first kappa shape index (κ1) is 16.8. The summed E-state index contributed by atoms with van der Waals surface area (Å²) in [4.78, 5) is 10.8. The van der Waals surface area contributed by atoms with Gasteiger partial charge in [0, 0.05) is 24.1 Å². The van der Waals surface area contributed by atoms with E-state index < -0.39 is 17.8 Å². The van der Waals surface area contributed by atoms with E-state index in [0.29, 0.717) is 16.8 Å². The van der Waals surface area contributed by atoms with Crippen molar-refractivity contribution >= 4 is 11.6 Å². The molecule has 128 valence electrons. The first-order valence-corrected chi connectivity index (χ1v) is 7.22. The number of benzene rings is 1. The van der Waals surface area contributed by atoms with E-state index in [1.165, 1.54) is 12.3 Å². The minimum Gasteiger partial charge on any atom is -0.324 e. The Morgan fingerprint density at radius 3 is 2.40 bits per heavy atom. The van der Waals surface area contributed by atoms with E-state index >= 15 is 0 Å². The Hall–Kier alpha value is -3.03. The van der Waals surface area contributed by atoms with Crippen LogP contribution >= 0.6 is 0 Å². The van der Waals surface area contributed by atoms with E-state index in [1.807, 2.05) is 13.0 Å². The predicted octanol–water partition coefficient (Wildman–Crippen LogP) is 4.75. The van der Waals surface area contributed by atoms with Crippen molar-refractivity contribution < 1.29 is 17.6 Å². The summed E-state index contributed by atoms with van der Waals surface area (Å²) in [7, 11) is 0. The Balaban J connectivity index is 1.94. The second kappa shape index (κ2) is 6.46. The molecule has 0 fully saturated rings. The highest BCUT2D eigenvalue weighted by Gasteiger charge is 2.32. The maximum Gasteiger partial charge on any atom is 0.433 e. The lowest BCUT2D eigenvalue weighted by Gasteiger charge is -2.11. The molecule has 0 bridgehead atoms. The molecule has 25 heavy (non-hydrogen) atoms. The molecule has 3 aromatic rings. The maximum absolute atomic E-state index is 13.3. The molecule has 0 saturated carbocycles. The van der Waals surface area contributed by atoms with Crippen LogP contribution in [0.25, 0.3) is 11.1 Å². The van der Waals surface area contributed by atoms with Crippen LogP contribution in [0.2, 0.25) is 0 Å². The molecule has 3 rings (SSSR count). The van der Waals surface area contributed by atoms with Crippen molar-refractivity contribution in [1.29, 1.82) is 0 Å². The van der Waals surface area contributed by atoms with Crippen LogP contribution in [0.1, 0.15) is 11.3 Å². The highest BCUT2D eigenvalue weighted by atomic mass is 19.4. The summed E-state index contributed by atoms with van der Waals surface area (Å²) >= 11 is 0. The standard InChI is InChI=1S/C17H12F4N4/c1-10-6-12(11-2-4-22-15(18)9-11)8-13(7-10)24-16-23-5-3-14(25-16)17(19,20)21/h2-9H,1H3,(H,23,24,25). The number of aromatic nitrogens is 3. The molecular formula is C17H12F4N4. The number of alkyl halides is 3. The van der Waals surface area contributed by atoms with E-state index in [1.54, 1.807) is 18.2 Å². The Labute approximate surface area is 140 Å². The molecule has 0 spiro atoms. The minimum absolute atomic E-state index is 0.174. The quantitative estimate of drug-likeness (QED) is 0.548. The van der Waals surface area contributed by atoms with E-state index in [-0.39, 0.29) is 5.95 Å². The van der Waals surface area contributed by atoms with Crippen LogP contribution in [0.15, 0.2) is 48.8 Å². The zero-order valence-corrected chi connectivity index (χ0v) is 13.0. The van der Waals surface area contributed by atoms with Crippen LogP contribution in [-0.4, -0.2) is 15.0 Å². The number of nitrogens with zero attached hydrogens (tertiary/aromatic N) is 3. The second-order valence-electron chi connectivity index (χ2n) is 5.34. The largest absolute Gasteiger partial charge is 0.433 e. The van der Waals surface area contributed by atoms with Crippen LogP contribution in [0, 0.1) is 12.9 Å². The van der Waals surface area contributed by atoms with Gasteiger partial charge in [0.2, 0.25) is 11.9 Å². The summed E-state index contributed by atoms with van der Waals surface area (Å²) < 4.78 is 51.5. The Morgan fingerprint density at radius 1 is 0.920 bits per heavy atom. The molecule has 0 amide bonds. The average molecular weight is 348 g/mol. The molecular weight excluding hydrogens is 336 g/mol. The number of halogens is 4. The summed E-state index contributed by atoms with van der Waals surface area (Å²) in [6, 6.07) is 8.94. The molecule has 0 unspecified atom stereocenters. The number of pyridine rings is 1. The topological polar surface area (TPSA) is 50.7 Å². The zero-order valence-electron chi connectivity index (χ0n) is 13.0. The highest BCUT2D eigenvalue weighted by molar-refractivity contribution is 5.70. The Morgan fingerprint density at radius 2 is 1.68 bits per heavy atom. The summed E-state index contributed by atoms with van der Waals surface area (Å²) in [5, 5.41) is 2.75. The monoisotopic (exact) mass is 348 g/mol. The SMILES string of the molecule is Cc1cc(Nc2nccc(C(F)(F)F)n2)cc(-c2ccnc(F)c2)c1. The second-order valence-corrected chi connectivity index (χ2v) is 5.34. The number of rotatable bonds is 3. The molecule has 2 heterocycles. The number of hydrogen-bond donors (Lipinski definition) is 1. The molecule has 0 radical (unpaired) electrons. The van der Waals surface area contributed by atoms with E-state index in [4.69, 9.17) is 0 Å². The summed E-state index contributed by atoms with van der Waals surface area (Å²) in [5.41, 5.74) is 1.59. The molecule has 4 nitrogen and oxygen atoms in total. The number of nitrogens with one attached hydrogen (secondary N) is 1. The van der Waals surface area contributed by atoms with Gasteiger partial charge in [-0.2, -0.15) is 17.6 Å². The number of aryl methyl sites for hydroxylation is 1. The van der Waals surface area contributed by atoms with Gasteiger partial charge in [0.05, 0.1) is 0 Å². The van der Waals surface area contributed by atoms with Crippen molar-refractivity contribution in [2.75, 3.05) is 5.32 Å². The van der Waals surface area contributed by atoms with Gasteiger partial charge in [0.15, 0.2) is 0 Å². The normalized spacial score (nSPS) is 11.4. The molecule has 1 N–H and O–H groups in total. The van der Waals surface area contributed by atoms with Gasteiger partial charge >= 0.3 is 6.18 Å². The highest BCUT2D eigenvalue weighted by Crippen LogP contribution is 2.29. The van der Waals surface area contributed by atoms with Crippen molar-refractivity contribution in [1.82, 2.24) is 15.0 Å². The molecule has 0 aliphatic carbocycles. The third kappa shape index (κ3) is 4.09. The number of hydrogen-bond acceptors (Lipinski definition) is 4. The van der Waals surface area contributed by atoms with Gasteiger partial charge < -0.3 is 5.32 Å². The van der Waals surface area contributed by atoms with E-state index in [0.717, 1.165) is 17.8 Å². The number of anilines is 2. The van der Waals surface area contributed by atoms with Crippen LogP contribution in [0.3, 0.4) is 0 Å². The van der Waals surface area contributed by atoms with Crippen LogP contribution < -0.4 is 5.32 Å². The molecule has 0 aliphatic heterocycles. The molecule has 0 saturated heterocycles. The maximum atomic E-state index is 13.3. The van der Waals surface area contributed by atoms with Gasteiger partial charge in [0.1, 0.15) is 5.69 Å². The van der Waals surface area contributed by atoms with Gasteiger partial charge in [-0.1, -0.05) is 6.07 Å². The van der Waals surface area contributed by atoms with E-state index in [9.17, 15) is 17.6 Å². The fourth-order valence-electron chi connectivity index (χ4n) is 2.31. The van der Waals surface area contributed by atoms with Gasteiger partial charge in [0.25, 0.3) is 0 Å². The summed E-state index contributed by atoms with van der Waals surface area (Å²) in [6.07, 6.45) is -2.17. The first-order valence-electron chi connectivity index (χ1n) is 7.22. The third-order valence-corrected chi connectivity index (χ3v) is 3.34. The lowest BCUT2D eigenvalue weighted by atomic mass is 10.0. The van der Waals surface area contributed by atoms with E-state index in [2.05, 4.69) is 20.3 Å². The molecule has 2 aromatic heterocycles. The minimum atomic E-state index is -4.55. The molecule has 0 aliphatic rings. The lowest BCUT2D eigenvalue weighted by molar-refractivity contribution is -0.141. The third-order valence-electron chi connectivity index (χ3n) is 3.34. The lowest BCUT2D eigenvalue weighted by Crippen LogP contribution is -2.10. The summed E-state index contributed by atoms with van der Waals surface area (Å²) in [6.45, 7) is 1.82. The average Bonchev–Trinajstić information content (AvgIpc) is 2.54.